The zero-order valence-electron chi connectivity index (χ0n) is 12.2. The highest BCUT2D eigenvalue weighted by molar-refractivity contribution is 5.85. The van der Waals surface area contributed by atoms with Gasteiger partial charge in [-0.1, -0.05) is 27.2 Å². The van der Waals surface area contributed by atoms with Gasteiger partial charge in [-0.15, -0.1) is 12.4 Å². The maximum Gasteiger partial charge on any atom is 0.236 e. The zero-order valence-corrected chi connectivity index (χ0v) is 13.0. The Labute approximate surface area is 118 Å². The van der Waals surface area contributed by atoms with E-state index in [1.165, 1.54) is 19.3 Å². The number of rotatable bonds is 4. The first-order valence-electron chi connectivity index (χ1n) is 6.92. The van der Waals surface area contributed by atoms with Gasteiger partial charge >= 0.3 is 0 Å². The quantitative estimate of drug-likeness (QED) is 0.830. The van der Waals surface area contributed by atoms with Gasteiger partial charge in [-0.25, -0.2) is 0 Å². The minimum Gasteiger partial charge on any atom is -0.352 e. The van der Waals surface area contributed by atoms with Crippen molar-refractivity contribution >= 4 is 18.3 Å². The van der Waals surface area contributed by atoms with E-state index in [2.05, 4.69) is 26.1 Å². The number of halogens is 1. The Balaban J connectivity index is 0.00000289. The van der Waals surface area contributed by atoms with Crippen LogP contribution in [0.4, 0.5) is 0 Å². The SMILES string of the molecule is CCC(C)(C)C1CCC(NC(=O)[C@H](C)N)CC1.Cl. The van der Waals surface area contributed by atoms with Crippen LogP contribution in [0.2, 0.25) is 0 Å². The number of carbonyl (C=O) groups is 1. The lowest BCUT2D eigenvalue weighted by molar-refractivity contribution is -0.123. The Morgan fingerprint density at radius 3 is 2.22 bits per heavy atom. The molecule has 0 aromatic rings. The molecule has 1 rings (SSSR count). The molecule has 0 unspecified atom stereocenters. The molecule has 0 spiro atoms. The molecule has 0 radical (unpaired) electrons. The fraction of sp³-hybridized carbons (Fsp3) is 0.929. The van der Waals surface area contributed by atoms with Crippen LogP contribution in [-0.4, -0.2) is 18.0 Å². The number of carbonyl (C=O) groups excluding carboxylic acids is 1. The molecule has 0 bridgehead atoms. The first-order chi connectivity index (χ1) is 7.86. The molecule has 4 heteroatoms. The van der Waals surface area contributed by atoms with Crippen LogP contribution in [0.5, 0.6) is 0 Å². The van der Waals surface area contributed by atoms with Crippen molar-refractivity contribution in [3.05, 3.63) is 0 Å². The van der Waals surface area contributed by atoms with Crippen LogP contribution in [0, 0.1) is 11.3 Å². The summed E-state index contributed by atoms with van der Waals surface area (Å²) >= 11 is 0. The molecule has 1 saturated carbocycles. The summed E-state index contributed by atoms with van der Waals surface area (Å²) in [6.07, 6.45) is 5.89. The van der Waals surface area contributed by atoms with Crippen LogP contribution in [0.15, 0.2) is 0 Å². The smallest absolute Gasteiger partial charge is 0.236 e. The molecule has 3 nitrogen and oxygen atoms in total. The third-order valence-electron chi connectivity index (χ3n) is 4.50. The van der Waals surface area contributed by atoms with Crippen LogP contribution in [0.1, 0.15) is 59.8 Å². The van der Waals surface area contributed by atoms with Gasteiger partial charge in [0.05, 0.1) is 6.04 Å². The van der Waals surface area contributed by atoms with Crippen molar-refractivity contribution in [2.45, 2.75) is 71.9 Å². The number of amides is 1. The van der Waals surface area contributed by atoms with Crippen molar-refractivity contribution in [3.63, 3.8) is 0 Å². The van der Waals surface area contributed by atoms with Gasteiger partial charge in [0.25, 0.3) is 0 Å². The molecule has 18 heavy (non-hydrogen) atoms. The molecule has 0 aromatic carbocycles. The van der Waals surface area contributed by atoms with Crippen molar-refractivity contribution in [3.8, 4) is 0 Å². The Bertz CT molecular complexity index is 259. The fourth-order valence-corrected chi connectivity index (χ4v) is 2.64. The molecule has 0 heterocycles. The van der Waals surface area contributed by atoms with Crippen LogP contribution in [-0.2, 0) is 4.79 Å². The second kappa shape index (κ2) is 7.34. The minimum absolute atomic E-state index is 0. The van der Waals surface area contributed by atoms with Crippen LogP contribution >= 0.6 is 12.4 Å². The summed E-state index contributed by atoms with van der Waals surface area (Å²) in [6, 6.07) is -0.0442. The molecule has 1 atom stereocenters. The predicted molar refractivity (Wildman–Crippen MR) is 78.9 cm³/mol. The van der Waals surface area contributed by atoms with E-state index in [-0.39, 0.29) is 24.4 Å². The van der Waals surface area contributed by atoms with Gasteiger partial charge in [0.15, 0.2) is 0 Å². The van der Waals surface area contributed by atoms with Gasteiger partial charge in [0, 0.05) is 6.04 Å². The standard InChI is InChI=1S/C14H28N2O.ClH/c1-5-14(3,4)11-6-8-12(9-7-11)16-13(17)10(2)15;/h10-12H,5-9,15H2,1-4H3,(H,16,17);1H/t10-,11?,12?;/m0./s1. The van der Waals surface area contributed by atoms with E-state index >= 15 is 0 Å². The molecule has 1 amide bonds. The highest BCUT2D eigenvalue weighted by atomic mass is 35.5. The fourth-order valence-electron chi connectivity index (χ4n) is 2.64. The molecule has 0 aliphatic heterocycles. The van der Waals surface area contributed by atoms with Gasteiger partial charge in [-0.3, -0.25) is 4.79 Å². The van der Waals surface area contributed by atoms with Crippen LogP contribution in [0.3, 0.4) is 0 Å². The molecule has 0 aromatic heterocycles. The average Bonchev–Trinajstić information content (AvgIpc) is 2.29. The van der Waals surface area contributed by atoms with Crippen molar-refractivity contribution < 1.29 is 4.79 Å². The Kier molecular flexibility index (Phi) is 7.23. The Morgan fingerprint density at radius 1 is 1.33 bits per heavy atom. The Morgan fingerprint density at radius 2 is 1.83 bits per heavy atom. The summed E-state index contributed by atoms with van der Waals surface area (Å²) in [5.41, 5.74) is 6.00. The summed E-state index contributed by atoms with van der Waals surface area (Å²) in [4.78, 5) is 11.5. The summed E-state index contributed by atoms with van der Waals surface area (Å²) in [7, 11) is 0. The van der Waals surface area contributed by atoms with Crippen molar-refractivity contribution in [2.75, 3.05) is 0 Å². The third-order valence-corrected chi connectivity index (χ3v) is 4.50. The lowest BCUT2D eigenvalue weighted by atomic mass is 9.69. The summed E-state index contributed by atoms with van der Waals surface area (Å²) < 4.78 is 0. The zero-order chi connectivity index (χ0) is 13.1. The topological polar surface area (TPSA) is 55.1 Å². The van der Waals surface area contributed by atoms with Crippen molar-refractivity contribution in [1.29, 1.82) is 0 Å². The molecular weight excluding hydrogens is 248 g/mol. The molecule has 1 aliphatic rings. The molecule has 0 saturated heterocycles. The largest absolute Gasteiger partial charge is 0.352 e. The van der Waals surface area contributed by atoms with E-state index in [0.717, 1.165) is 18.8 Å². The van der Waals surface area contributed by atoms with Gasteiger partial charge in [0.2, 0.25) is 5.91 Å². The number of hydrogen-bond acceptors (Lipinski definition) is 2. The van der Waals surface area contributed by atoms with E-state index in [9.17, 15) is 4.79 Å². The highest BCUT2D eigenvalue weighted by Gasteiger charge is 2.32. The van der Waals surface area contributed by atoms with Gasteiger partial charge < -0.3 is 11.1 Å². The van der Waals surface area contributed by atoms with Crippen molar-refractivity contribution in [2.24, 2.45) is 17.1 Å². The van der Waals surface area contributed by atoms with Gasteiger partial charge in [-0.2, -0.15) is 0 Å². The summed E-state index contributed by atoms with van der Waals surface area (Å²) in [5.74, 6) is 0.791. The monoisotopic (exact) mass is 276 g/mol. The predicted octanol–water partition coefficient (Wildman–Crippen LogP) is 2.87. The van der Waals surface area contributed by atoms with E-state index in [1.807, 2.05) is 0 Å². The summed E-state index contributed by atoms with van der Waals surface area (Å²) in [6.45, 7) is 8.72. The van der Waals surface area contributed by atoms with Crippen molar-refractivity contribution in [1.82, 2.24) is 5.32 Å². The van der Waals surface area contributed by atoms with Gasteiger partial charge in [-0.05, 0) is 43.9 Å². The Hall–Kier alpha value is -0.280. The first-order valence-corrected chi connectivity index (χ1v) is 6.92. The average molecular weight is 277 g/mol. The lowest BCUT2D eigenvalue weighted by Crippen LogP contribution is -2.45. The van der Waals surface area contributed by atoms with E-state index in [0.29, 0.717) is 11.5 Å². The van der Waals surface area contributed by atoms with Crippen LogP contribution in [0.25, 0.3) is 0 Å². The lowest BCUT2D eigenvalue weighted by Gasteiger charge is -2.39. The highest BCUT2D eigenvalue weighted by Crippen LogP contribution is 2.40. The van der Waals surface area contributed by atoms with E-state index in [1.54, 1.807) is 6.92 Å². The van der Waals surface area contributed by atoms with E-state index in [4.69, 9.17) is 5.73 Å². The van der Waals surface area contributed by atoms with Crippen LogP contribution < -0.4 is 11.1 Å². The molecule has 3 N–H and O–H groups in total. The number of hydrogen-bond donors (Lipinski definition) is 2. The second-order valence-corrected chi connectivity index (χ2v) is 6.19. The molecule has 1 fully saturated rings. The summed E-state index contributed by atoms with van der Waals surface area (Å²) in [5, 5.41) is 3.04. The maximum atomic E-state index is 11.5. The van der Waals surface area contributed by atoms with E-state index < -0.39 is 0 Å². The number of nitrogens with two attached hydrogens (primary N) is 1. The minimum atomic E-state index is -0.389. The molecular formula is C14H29ClN2O. The molecule has 1 aliphatic carbocycles. The van der Waals surface area contributed by atoms with Gasteiger partial charge in [0.1, 0.15) is 0 Å². The maximum absolute atomic E-state index is 11.5. The second-order valence-electron chi connectivity index (χ2n) is 6.19. The molecule has 108 valence electrons. The number of nitrogens with one attached hydrogen (secondary N) is 1. The third kappa shape index (κ3) is 4.77. The normalized spacial score (nSPS) is 26.1. The first kappa shape index (κ1) is 17.7.